The van der Waals surface area contributed by atoms with Crippen LogP contribution in [0, 0.1) is 0 Å². The lowest BCUT2D eigenvalue weighted by molar-refractivity contribution is -0.0777. The van der Waals surface area contributed by atoms with E-state index in [-0.39, 0.29) is 5.89 Å². The first-order valence-electron chi connectivity index (χ1n) is 6.34. The van der Waals surface area contributed by atoms with E-state index in [0.29, 0.717) is 12.4 Å². The molecule has 96 valence electrons. The molecule has 1 fully saturated rings. The molecular formula is C12H20N2O3. The Labute approximate surface area is 101 Å². The zero-order valence-electron chi connectivity index (χ0n) is 10.5. The van der Waals surface area contributed by atoms with E-state index < -0.39 is 11.7 Å². The molecule has 1 aliphatic carbocycles. The fraction of sp³-hybridized carbons (Fsp3) is 0.833. The molecule has 1 heterocycles. The van der Waals surface area contributed by atoms with Gasteiger partial charge in [0.25, 0.3) is 5.89 Å². The van der Waals surface area contributed by atoms with E-state index in [1.54, 1.807) is 6.92 Å². The number of aliphatic hydroxyl groups excluding tert-OH is 1. The number of nitrogens with zero attached hydrogens (tertiary/aromatic N) is 2. The first kappa shape index (κ1) is 12.5. The molecule has 1 N–H and O–H groups in total. The summed E-state index contributed by atoms with van der Waals surface area (Å²) in [6, 6.07) is 0. The van der Waals surface area contributed by atoms with Crippen molar-refractivity contribution >= 4 is 0 Å². The van der Waals surface area contributed by atoms with Crippen molar-refractivity contribution in [2.45, 2.75) is 57.7 Å². The van der Waals surface area contributed by atoms with Gasteiger partial charge in [0.15, 0.2) is 0 Å². The molecule has 0 amide bonds. The van der Waals surface area contributed by atoms with Crippen LogP contribution < -0.4 is 0 Å². The highest BCUT2D eigenvalue weighted by Crippen LogP contribution is 2.39. The zero-order valence-corrected chi connectivity index (χ0v) is 10.5. The molecule has 1 atom stereocenters. The molecule has 0 aromatic carbocycles. The van der Waals surface area contributed by atoms with Crippen molar-refractivity contribution < 1.29 is 14.4 Å². The second kappa shape index (κ2) is 5.14. The average molecular weight is 240 g/mol. The third-order valence-electron chi connectivity index (χ3n) is 3.29. The molecular weight excluding hydrogens is 220 g/mol. The van der Waals surface area contributed by atoms with Crippen molar-refractivity contribution in [3.8, 4) is 0 Å². The van der Waals surface area contributed by atoms with E-state index >= 15 is 0 Å². The van der Waals surface area contributed by atoms with Gasteiger partial charge in [-0.15, -0.1) is 0 Å². The van der Waals surface area contributed by atoms with Crippen molar-refractivity contribution in [1.29, 1.82) is 0 Å². The molecule has 2 rings (SSSR count). The fourth-order valence-electron chi connectivity index (χ4n) is 2.42. The van der Waals surface area contributed by atoms with Crippen LogP contribution >= 0.6 is 0 Å². The summed E-state index contributed by atoms with van der Waals surface area (Å²) in [6.45, 7) is 4.23. The van der Waals surface area contributed by atoms with E-state index in [9.17, 15) is 5.11 Å². The highest BCUT2D eigenvalue weighted by Gasteiger charge is 2.39. The van der Waals surface area contributed by atoms with Crippen LogP contribution in [0.2, 0.25) is 0 Å². The quantitative estimate of drug-likeness (QED) is 0.874. The van der Waals surface area contributed by atoms with E-state index in [0.717, 1.165) is 25.7 Å². The van der Waals surface area contributed by atoms with E-state index in [1.165, 1.54) is 6.42 Å². The number of hydrogen-bond donors (Lipinski definition) is 1. The third-order valence-corrected chi connectivity index (χ3v) is 3.29. The van der Waals surface area contributed by atoms with Gasteiger partial charge in [0.2, 0.25) is 5.82 Å². The normalized spacial score (nSPS) is 21.4. The molecule has 0 aliphatic heterocycles. The van der Waals surface area contributed by atoms with Crippen molar-refractivity contribution in [3.05, 3.63) is 11.7 Å². The Kier molecular flexibility index (Phi) is 3.79. The standard InChI is InChI=1S/C12H20N2O3/c1-3-16-12(7-5-4-6-8-12)11-13-10(9(2)15)17-14-11/h9,15H,3-8H2,1-2H3/t9-/m0/s1. The maximum Gasteiger partial charge on any atom is 0.255 e. The smallest absolute Gasteiger partial charge is 0.255 e. The molecule has 17 heavy (non-hydrogen) atoms. The summed E-state index contributed by atoms with van der Waals surface area (Å²) >= 11 is 0. The SMILES string of the molecule is CCOC1(c2noc([C@H](C)O)n2)CCCCC1. The van der Waals surface area contributed by atoms with Gasteiger partial charge in [-0.25, -0.2) is 0 Å². The summed E-state index contributed by atoms with van der Waals surface area (Å²) in [4.78, 5) is 4.27. The number of hydrogen-bond acceptors (Lipinski definition) is 5. The number of aliphatic hydroxyl groups is 1. The minimum Gasteiger partial charge on any atom is -0.384 e. The second-order valence-electron chi connectivity index (χ2n) is 4.62. The van der Waals surface area contributed by atoms with Gasteiger partial charge >= 0.3 is 0 Å². The van der Waals surface area contributed by atoms with Crippen LogP contribution in [-0.2, 0) is 10.3 Å². The Bertz CT molecular complexity index is 351. The molecule has 1 aromatic rings. The minimum absolute atomic E-state index is 0.268. The van der Waals surface area contributed by atoms with E-state index in [4.69, 9.17) is 9.26 Å². The Morgan fingerprint density at radius 1 is 1.41 bits per heavy atom. The molecule has 0 unspecified atom stereocenters. The predicted molar refractivity (Wildman–Crippen MR) is 61.3 cm³/mol. The number of rotatable bonds is 4. The lowest BCUT2D eigenvalue weighted by Gasteiger charge is -2.33. The lowest BCUT2D eigenvalue weighted by Crippen LogP contribution is -2.33. The Morgan fingerprint density at radius 3 is 2.65 bits per heavy atom. The maximum atomic E-state index is 9.41. The summed E-state index contributed by atoms with van der Waals surface area (Å²) < 4.78 is 10.9. The highest BCUT2D eigenvalue weighted by molar-refractivity contribution is 5.04. The molecule has 1 saturated carbocycles. The van der Waals surface area contributed by atoms with Crippen molar-refractivity contribution in [3.63, 3.8) is 0 Å². The lowest BCUT2D eigenvalue weighted by atomic mass is 9.84. The first-order valence-corrected chi connectivity index (χ1v) is 6.34. The van der Waals surface area contributed by atoms with E-state index in [1.807, 2.05) is 6.92 Å². The van der Waals surface area contributed by atoms with Gasteiger partial charge in [0, 0.05) is 6.61 Å². The number of aromatic nitrogens is 2. The van der Waals surface area contributed by atoms with Crippen LogP contribution in [0.3, 0.4) is 0 Å². The molecule has 0 radical (unpaired) electrons. The molecule has 1 aromatic heterocycles. The van der Waals surface area contributed by atoms with Crippen LogP contribution in [0.25, 0.3) is 0 Å². The number of ether oxygens (including phenoxy) is 1. The summed E-state index contributed by atoms with van der Waals surface area (Å²) in [5.41, 5.74) is -0.399. The van der Waals surface area contributed by atoms with Crippen molar-refractivity contribution in [2.75, 3.05) is 6.61 Å². The Hall–Kier alpha value is -0.940. The van der Waals surface area contributed by atoms with Gasteiger partial charge in [-0.05, 0) is 26.7 Å². The summed E-state index contributed by atoms with van der Waals surface area (Å²) in [6.07, 6.45) is 4.62. The minimum atomic E-state index is -0.724. The predicted octanol–water partition coefficient (Wildman–Crippen LogP) is 2.32. The van der Waals surface area contributed by atoms with Crippen LogP contribution in [0.5, 0.6) is 0 Å². The molecule has 0 saturated heterocycles. The monoisotopic (exact) mass is 240 g/mol. The first-order chi connectivity index (χ1) is 8.18. The highest BCUT2D eigenvalue weighted by atomic mass is 16.5. The van der Waals surface area contributed by atoms with E-state index in [2.05, 4.69) is 10.1 Å². The van der Waals surface area contributed by atoms with Gasteiger partial charge < -0.3 is 14.4 Å². The Morgan fingerprint density at radius 2 is 2.12 bits per heavy atom. The van der Waals surface area contributed by atoms with Gasteiger partial charge in [-0.2, -0.15) is 4.98 Å². The van der Waals surface area contributed by atoms with Crippen molar-refractivity contribution in [2.24, 2.45) is 0 Å². The second-order valence-corrected chi connectivity index (χ2v) is 4.62. The van der Waals surface area contributed by atoms with Crippen LogP contribution in [0.4, 0.5) is 0 Å². The molecule has 5 nitrogen and oxygen atoms in total. The van der Waals surface area contributed by atoms with Gasteiger partial charge in [0.05, 0.1) is 0 Å². The largest absolute Gasteiger partial charge is 0.384 e. The fourth-order valence-corrected chi connectivity index (χ4v) is 2.42. The molecule has 0 bridgehead atoms. The summed E-state index contributed by atoms with van der Waals surface area (Å²) in [5, 5.41) is 13.4. The van der Waals surface area contributed by atoms with Gasteiger partial charge in [0.1, 0.15) is 11.7 Å². The van der Waals surface area contributed by atoms with Crippen LogP contribution in [-0.4, -0.2) is 21.9 Å². The topological polar surface area (TPSA) is 68.4 Å². The van der Waals surface area contributed by atoms with Crippen LogP contribution in [0.1, 0.15) is 63.8 Å². The zero-order chi connectivity index (χ0) is 12.3. The summed E-state index contributed by atoms with van der Waals surface area (Å²) in [5.74, 6) is 0.861. The Balaban J connectivity index is 2.24. The molecule has 1 aliphatic rings. The average Bonchev–Trinajstić information content (AvgIpc) is 2.80. The molecule has 5 heteroatoms. The third kappa shape index (κ3) is 2.50. The van der Waals surface area contributed by atoms with Crippen molar-refractivity contribution in [1.82, 2.24) is 10.1 Å². The summed E-state index contributed by atoms with van der Waals surface area (Å²) in [7, 11) is 0. The van der Waals surface area contributed by atoms with Crippen LogP contribution in [0.15, 0.2) is 4.52 Å². The maximum absolute atomic E-state index is 9.41. The van der Waals surface area contributed by atoms with Gasteiger partial charge in [-0.3, -0.25) is 0 Å². The molecule has 0 spiro atoms. The van der Waals surface area contributed by atoms with Gasteiger partial charge in [-0.1, -0.05) is 24.4 Å².